The SMILES string of the molecule is CC(=O)[C@@]1(C)CSC(c2ccc(O)cc2O)=N1. The monoisotopic (exact) mass is 251 g/mol. The highest BCUT2D eigenvalue weighted by Gasteiger charge is 2.36. The van der Waals surface area contributed by atoms with Gasteiger partial charge in [-0.1, -0.05) is 0 Å². The molecule has 1 aromatic carbocycles. The van der Waals surface area contributed by atoms with Gasteiger partial charge in [-0.3, -0.25) is 9.79 Å². The van der Waals surface area contributed by atoms with Crippen molar-refractivity contribution >= 4 is 22.6 Å². The van der Waals surface area contributed by atoms with E-state index in [1.807, 2.05) is 0 Å². The third-order valence-corrected chi connectivity index (χ3v) is 4.10. The zero-order chi connectivity index (χ0) is 12.6. The molecule has 0 aromatic heterocycles. The number of ketones is 1. The first kappa shape index (κ1) is 12.0. The van der Waals surface area contributed by atoms with Crippen LogP contribution in [0, 0.1) is 0 Å². The molecule has 1 aliphatic rings. The second-order valence-corrected chi connectivity index (χ2v) is 5.20. The average Bonchev–Trinajstić information content (AvgIpc) is 2.62. The fraction of sp³-hybridized carbons (Fsp3) is 0.333. The fourth-order valence-electron chi connectivity index (χ4n) is 1.52. The number of hydrogen-bond donors (Lipinski definition) is 2. The number of phenolic OH excluding ortho intramolecular Hbond substituents is 2. The number of thioether (sulfide) groups is 1. The molecule has 1 aromatic rings. The van der Waals surface area contributed by atoms with Gasteiger partial charge in [-0.25, -0.2) is 0 Å². The van der Waals surface area contributed by atoms with Crippen molar-refractivity contribution in [2.24, 2.45) is 4.99 Å². The molecule has 0 unspecified atom stereocenters. The first-order valence-electron chi connectivity index (χ1n) is 5.18. The quantitative estimate of drug-likeness (QED) is 0.842. The normalized spacial score (nSPS) is 23.5. The number of benzene rings is 1. The Morgan fingerprint density at radius 1 is 1.47 bits per heavy atom. The van der Waals surface area contributed by atoms with E-state index in [2.05, 4.69) is 4.99 Å². The lowest BCUT2D eigenvalue weighted by Gasteiger charge is -2.14. The van der Waals surface area contributed by atoms with Gasteiger partial charge in [0.25, 0.3) is 0 Å². The lowest BCUT2D eigenvalue weighted by Crippen LogP contribution is -2.31. The van der Waals surface area contributed by atoms with Crippen molar-refractivity contribution in [2.45, 2.75) is 19.4 Å². The number of nitrogens with zero attached hydrogens (tertiary/aromatic N) is 1. The van der Waals surface area contributed by atoms with Gasteiger partial charge in [0.15, 0.2) is 5.78 Å². The van der Waals surface area contributed by atoms with E-state index < -0.39 is 5.54 Å². The van der Waals surface area contributed by atoms with Gasteiger partial charge in [0.2, 0.25) is 0 Å². The van der Waals surface area contributed by atoms with Crippen molar-refractivity contribution in [3.8, 4) is 11.5 Å². The predicted molar refractivity (Wildman–Crippen MR) is 67.9 cm³/mol. The molecule has 5 heteroatoms. The summed E-state index contributed by atoms with van der Waals surface area (Å²) in [4.78, 5) is 15.8. The molecule has 0 amide bonds. The number of hydrogen-bond acceptors (Lipinski definition) is 5. The van der Waals surface area contributed by atoms with Crippen LogP contribution >= 0.6 is 11.8 Å². The van der Waals surface area contributed by atoms with Gasteiger partial charge in [0, 0.05) is 17.4 Å². The molecular formula is C12H13NO3S. The molecule has 1 aliphatic heterocycles. The van der Waals surface area contributed by atoms with Crippen LogP contribution < -0.4 is 0 Å². The van der Waals surface area contributed by atoms with Gasteiger partial charge in [-0.15, -0.1) is 11.8 Å². The summed E-state index contributed by atoms with van der Waals surface area (Å²) in [5.41, 5.74) is -0.151. The third-order valence-electron chi connectivity index (χ3n) is 2.81. The maximum Gasteiger partial charge on any atom is 0.157 e. The number of Topliss-reactive ketones (excluding diaryl/α,β-unsaturated/α-hetero) is 1. The number of rotatable bonds is 2. The molecule has 17 heavy (non-hydrogen) atoms. The standard InChI is InChI=1S/C12H13NO3S/c1-7(14)12(2)6-17-11(13-12)9-4-3-8(15)5-10(9)16/h3-5,15-16H,6H2,1-2H3/t12-/m1/s1. The highest BCUT2D eigenvalue weighted by Crippen LogP contribution is 2.35. The number of carbonyl (C=O) groups is 1. The smallest absolute Gasteiger partial charge is 0.157 e. The minimum absolute atomic E-state index is 0.00387. The van der Waals surface area contributed by atoms with E-state index >= 15 is 0 Å². The van der Waals surface area contributed by atoms with Crippen LogP contribution in [0.15, 0.2) is 23.2 Å². The van der Waals surface area contributed by atoms with Gasteiger partial charge < -0.3 is 10.2 Å². The van der Waals surface area contributed by atoms with Gasteiger partial charge in [-0.2, -0.15) is 0 Å². The van der Waals surface area contributed by atoms with Crippen LogP contribution in [0.3, 0.4) is 0 Å². The summed E-state index contributed by atoms with van der Waals surface area (Å²) in [6.45, 7) is 3.30. The Labute approximate surface area is 103 Å². The van der Waals surface area contributed by atoms with Crippen LogP contribution in [-0.4, -0.2) is 32.3 Å². The first-order valence-corrected chi connectivity index (χ1v) is 6.17. The molecule has 0 saturated heterocycles. The Morgan fingerprint density at radius 3 is 2.71 bits per heavy atom. The van der Waals surface area contributed by atoms with Crippen molar-refractivity contribution in [1.29, 1.82) is 0 Å². The lowest BCUT2D eigenvalue weighted by atomic mass is 10.0. The number of phenols is 2. The van der Waals surface area contributed by atoms with E-state index in [1.54, 1.807) is 13.0 Å². The molecule has 90 valence electrons. The maximum absolute atomic E-state index is 11.5. The summed E-state index contributed by atoms with van der Waals surface area (Å²) < 4.78 is 0. The molecular weight excluding hydrogens is 238 g/mol. The predicted octanol–water partition coefficient (Wildman–Crippen LogP) is 1.94. The van der Waals surface area contributed by atoms with Crippen molar-refractivity contribution in [3.63, 3.8) is 0 Å². The third kappa shape index (κ3) is 2.15. The number of carbonyl (C=O) groups excluding carboxylic acids is 1. The van der Waals surface area contributed by atoms with Gasteiger partial charge in [-0.05, 0) is 26.0 Å². The van der Waals surface area contributed by atoms with E-state index in [0.717, 1.165) is 0 Å². The average molecular weight is 251 g/mol. The summed E-state index contributed by atoms with van der Waals surface area (Å²) in [5.74, 6) is 0.573. The summed E-state index contributed by atoms with van der Waals surface area (Å²) >= 11 is 1.44. The van der Waals surface area contributed by atoms with Gasteiger partial charge >= 0.3 is 0 Å². The lowest BCUT2D eigenvalue weighted by molar-refractivity contribution is -0.120. The van der Waals surface area contributed by atoms with Gasteiger partial charge in [0.05, 0.1) is 0 Å². The van der Waals surface area contributed by atoms with Crippen molar-refractivity contribution in [1.82, 2.24) is 0 Å². The summed E-state index contributed by atoms with van der Waals surface area (Å²) in [6.07, 6.45) is 0. The molecule has 0 radical (unpaired) electrons. The molecule has 0 saturated carbocycles. The topological polar surface area (TPSA) is 69.9 Å². The van der Waals surface area contributed by atoms with Crippen molar-refractivity contribution < 1.29 is 15.0 Å². The van der Waals surface area contributed by atoms with E-state index in [-0.39, 0.29) is 17.3 Å². The molecule has 0 aliphatic carbocycles. The molecule has 0 bridgehead atoms. The highest BCUT2D eigenvalue weighted by molar-refractivity contribution is 8.14. The Balaban J connectivity index is 2.40. The first-order chi connectivity index (χ1) is 7.92. The van der Waals surface area contributed by atoms with Crippen LogP contribution in [-0.2, 0) is 4.79 Å². The van der Waals surface area contributed by atoms with Crippen LogP contribution in [0.4, 0.5) is 0 Å². The van der Waals surface area contributed by atoms with Crippen LogP contribution in [0.2, 0.25) is 0 Å². The molecule has 1 heterocycles. The molecule has 4 nitrogen and oxygen atoms in total. The largest absolute Gasteiger partial charge is 0.508 e. The Morgan fingerprint density at radius 2 is 2.18 bits per heavy atom. The zero-order valence-corrected chi connectivity index (χ0v) is 10.4. The van der Waals surface area contributed by atoms with E-state index in [4.69, 9.17) is 0 Å². The summed E-state index contributed by atoms with van der Waals surface area (Å²) in [5, 5.41) is 19.6. The van der Waals surface area contributed by atoms with E-state index in [1.165, 1.54) is 30.8 Å². The molecule has 0 spiro atoms. The van der Waals surface area contributed by atoms with Crippen molar-refractivity contribution in [2.75, 3.05) is 5.75 Å². The molecule has 1 atom stereocenters. The maximum atomic E-state index is 11.5. The van der Waals surface area contributed by atoms with Crippen LogP contribution in [0.25, 0.3) is 0 Å². The summed E-state index contributed by atoms with van der Waals surface area (Å²) in [6, 6.07) is 4.35. The van der Waals surface area contributed by atoms with Gasteiger partial charge in [0.1, 0.15) is 22.1 Å². The van der Waals surface area contributed by atoms with Crippen LogP contribution in [0.5, 0.6) is 11.5 Å². The number of aromatic hydroxyl groups is 2. The molecule has 2 N–H and O–H groups in total. The summed E-state index contributed by atoms with van der Waals surface area (Å²) in [7, 11) is 0. The molecule has 2 rings (SSSR count). The van der Waals surface area contributed by atoms with Crippen LogP contribution in [0.1, 0.15) is 19.4 Å². The Kier molecular flexibility index (Phi) is 2.87. The molecule has 0 fully saturated rings. The second kappa shape index (κ2) is 4.07. The fourth-order valence-corrected chi connectivity index (χ4v) is 2.80. The van der Waals surface area contributed by atoms with E-state index in [9.17, 15) is 15.0 Å². The minimum atomic E-state index is -0.704. The van der Waals surface area contributed by atoms with E-state index in [0.29, 0.717) is 16.4 Å². The zero-order valence-electron chi connectivity index (χ0n) is 9.60. The second-order valence-electron chi connectivity index (χ2n) is 4.24. The van der Waals surface area contributed by atoms with Crippen molar-refractivity contribution in [3.05, 3.63) is 23.8 Å². The Hall–Kier alpha value is -1.49. The highest BCUT2D eigenvalue weighted by atomic mass is 32.2. The minimum Gasteiger partial charge on any atom is -0.508 e. The number of aliphatic imine (C=N–C) groups is 1. The Bertz CT molecular complexity index is 512.